The number of amides is 1. The summed E-state index contributed by atoms with van der Waals surface area (Å²) in [7, 11) is 0. The Morgan fingerprint density at radius 1 is 1.33 bits per heavy atom. The van der Waals surface area contributed by atoms with E-state index in [0.717, 1.165) is 0 Å². The minimum atomic E-state index is -4.50. The van der Waals surface area contributed by atoms with Crippen molar-refractivity contribution >= 4 is 22.6 Å². The van der Waals surface area contributed by atoms with E-state index in [0.29, 0.717) is 11.3 Å². The topological polar surface area (TPSA) is 57.8 Å². The number of nitrogens with zero attached hydrogens (tertiary/aromatic N) is 1. The molecule has 94 valence electrons. The molecule has 1 aliphatic rings. The molecule has 2 aromatic rings. The fourth-order valence-electron chi connectivity index (χ4n) is 2.06. The smallest absolute Gasteiger partial charge is 0.334 e. The lowest BCUT2D eigenvalue weighted by molar-refractivity contribution is -0.144. The summed E-state index contributed by atoms with van der Waals surface area (Å²) in [5.74, 6) is -1.55. The van der Waals surface area contributed by atoms with Gasteiger partial charge in [-0.15, -0.1) is 0 Å². The van der Waals surface area contributed by atoms with Crippen LogP contribution >= 0.6 is 0 Å². The fourth-order valence-corrected chi connectivity index (χ4v) is 2.06. The van der Waals surface area contributed by atoms with Gasteiger partial charge >= 0.3 is 6.18 Å². The highest BCUT2D eigenvalue weighted by atomic mass is 19.4. The van der Waals surface area contributed by atoms with Crippen molar-refractivity contribution in [1.29, 1.82) is 0 Å². The van der Waals surface area contributed by atoms with E-state index in [1.54, 1.807) is 6.92 Å². The molecule has 0 aliphatic carbocycles. The molecule has 7 heteroatoms. The summed E-state index contributed by atoms with van der Waals surface area (Å²) < 4.78 is 37.5. The molecule has 1 amide bonds. The van der Waals surface area contributed by atoms with Crippen LogP contribution in [0.2, 0.25) is 0 Å². The molecule has 1 aromatic carbocycles. The summed E-state index contributed by atoms with van der Waals surface area (Å²) in [6.45, 7) is 1.70. The molecular weight excluding hydrogens is 247 g/mol. The summed E-state index contributed by atoms with van der Waals surface area (Å²) in [6, 6.07) is 2.99. The third kappa shape index (κ3) is 1.47. The van der Waals surface area contributed by atoms with Crippen molar-refractivity contribution in [2.45, 2.75) is 19.0 Å². The van der Waals surface area contributed by atoms with Crippen molar-refractivity contribution in [2.24, 2.45) is 0 Å². The van der Waals surface area contributed by atoms with Crippen molar-refractivity contribution < 1.29 is 18.0 Å². The number of carbonyl (C=O) groups is 1. The molecule has 2 N–H and O–H groups in total. The summed E-state index contributed by atoms with van der Waals surface area (Å²) >= 11 is 0. The summed E-state index contributed by atoms with van der Waals surface area (Å²) in [4.78, 5) is 17.1. The number of aromatic amines is 1. The highest BCUT2D eigenvalue weighted by Crippen LogP contribution is 2.36. The molecule has 0 saturated carbocycles. The molecule has 18 heavy (non-hydrogen) atoms. The van der Waals surface area contributed by atoms with E-state index in [2.05, 4.69) is 15.3 Å². The Labute approximate surface area is 99.2 Å². The number of fused-ring (bicyclic) bond motifs is 2. The maximum atomic E-state index is 12.5. The van der Waals surface area contributed by atoms with Gasteiger partial charge < -0.3 is 10.3 Å². The Balaban J connectivity index is 2.19. The zero-order valence-electron chi connectivity index (χ0n) is 9.22. The van der Waals surface area contributed by atoms with Gasteiger partial charge in [0.1, 0.15) is 0 Å². The average Bonchev–Trinajstić information content (AvgIpc) is 2.79. The van der Waals surface area contributed by atoms with Crippen LogP contribution in [-0.4, -0.2) is 15.9 Å². The fraction of sp³-hybridized carbons (Fsp3) is 0.273. The van der Waals surface area contributed by atoms with E-state index in [-0.39, 0.29) is 22.9 Å². The molecule has 1 aromatic heterocycles. The monoisotopic (exact) mass is 255 g/mol. The second-order valence-electron chi connectivity index (χ2n) is 4.25. The van der Waals surface area contributed by atoms with E-state index >= 15 is 0 Å². The third-order valence-corrected chi connectivity index (χ3v) is 3.04. The Bertz CT molecular complexity index is 659. The minimum Gasteiger partial charge on any atom is -0.334 e. The van der Waals surface area contributed by atoms with Gasteiger partial charge in [-0.3, -0.25) is 4.79 Å². The second-order valence-corrected chi connectivity index (χ2v) is 4.25. The number of aromatic nitrogens is 2. The summed E-state index contributed by atoms with van der Waals surface area (Å²) in [5, 5.41) is 2.62. The number of rotatable bonds is 0. The van der Waals surface area contributed by atoms with Gasteiger partial charge in [0.2, 0.25) is 11.7 Å². The van der Waals surface area contributed by atoms with Gasteiger partial charge in [0.05, 0.1) is 17.0 Å². The first kappa shape index (κ1) is 11.1. The Kier molecular flexibility index (Phi) is 1.99. The predicted molar refractivity (Wildman–Crippen MR) is 58.1 cm³/mol. The van der Waals surface area contributed by atoms with Gasteiger partial charge in [0.25, 0.3) is 0 Å². The summed E-state index contributed by atoms with van der Waals surface area (Å²) in [5.41, 5.74) is 1.69. The standard InChI is InChI=1S/C11H8F3N3O/c1-4-5-2-7-8(3-6(5)15-9(4)18)17-10(16-7)11(12,13)14/h2-4H,1H3,(H,15,18)(H,16,17). The van der Waals surface area contributed by atoms with Crippen molar-refractivity contribution in [2.75, 3.05) is 5.32 Å². The zero-order valence-corrected chi connectivity index (χ0v) is 9.22. The quantitative estimate of drug-likeness (QED) is 0.760. The normalized spacial score (nSPS) is 19.1. The van der Waals surface area contributed by atoms with E-state index in [4.69, 9.17) is 0 Å². The molecule has 0 saturated heterocycles. The van der Waals surface area contributed by atoms with E-state index in [1.165, 1.54) is 12.1 Å². The molecule has 0 radical (unpaired) electrons. The van der Waals surface area contributed by atoms with Crippen molar-refractivity contribution in [1.82, 2.24) is 9.97 Å². The van der Waals surface area contributed by atoms with Crippen LogP contribution in [0.3, 0.4) is 0 Å². The molecule has 1 unspecified atom stereocenters. The minimum absolute atomic E-state index is 0.159. The van der Waals surface area contributed by atoms with Crippen molar-refractivity contribution in [3.8, 4) is 0 Å². The Morgan fingerprint density at radius 3 is 2.72 bits per heavy atom. The van der Waals surface area contributed by atoms with Crippen LogP contribution in [0.5, 0.6) is 0 Å². The first-order valence-corrected chi connectivity index (χ1v) is 5.28. The van der Waals surface area contributed by atoms with Crippen LogP contribution in [0, 0.1) is 0 Å². The molecule has 0 bridgehead atoms. The van der Waals surface area contributed by atoms with Gasteiger partial charge in [0.15, 0.2) is 0 Å². The van der Waals surface area contributed by atoms with Gasteiger partial charge in [-0.2, -0.15) is 13.2 Å². The first-order chi connectivity index (χ1) is 8.36. The largest absolute Gasteiger partial charge is 0.449 e. The maximum Gasteiger partial charge on any atom is 0.449 e. The first-order valence-electron chi connectivity index (χ1n) is 5.28. The van der Waals surface area contributed by atoms with Crippen LogP contribution < -0.4 is 5.32 Å². The lowest BCUT2D eigenvalue weighted by Crippen LogP contribution is -2.08. The number of halogens is 3. The maximum absolute atomic E-state index is 12.5. The van der Waals surface area contributed by atoms with Crippen molar-refractivity contribution in [3.05, 3.63) is 23.5 Å². The highest BCUT2D eigenvalue weighted by Gasteiger charge is 2.35. The van der Waals surface area contributed by atoms with Crippen molar-refractivity contribution in [3.63, 3.8) is 0 Å². The molecule has 0 spiro atoms. The number of hydrogen-bond donors (Lipinski definition) is 2. The van der Waals surface area contributed by atoms with Gasteiger partial charge in [-0.25, -0.2) is 4.98 Å². The number of alkyl halides is 3. The van der Waals surface area contributed by atoms with Crippen LogP contribution in [0.15, 0.2) is 12.1 Å². The molecule has 0 fully saturated rings. The van der Waals surface area contributed by atoms with E-state index in [1.807, 2.05) is 0 Å². The molecule has 4 nitrogen and oxygen atoms in total. The number of carbonyl (C=O) groups excluding carboxylic acids is 1. The molecule has 3 rings (SSSR count). The van der Waals surface area contributed by atoms with E-state index in [9.17, 15) is 18.0 Å². The molecule has 1 atom stereocenters. The van der Waals surface area contributed by atoms with Gasteiger partial charge in [0, 0.05) is 5.69 Å². The lowest BCUT2D eigenvalue weighted by Gasteiger charge is -1.99. The van der Waals surface area contributed by atoms with Gasteiger partial charge in [-0.1, -0.05) is 0 Å². The number of benzene rings is 1. The number of imidazole rings is 1. The molecule has 2 heterocycles. The predicted octanol–water partition coefficient (Wildman–Crippen LogP) is 2.64. The van der Waals surface area contributed by atoms with Gasteiger partial charge in [-0.05, 0) is 24.6 Å². The SMILES string of the molecule is CC1C(=O)Nc2cc3[nH]c(C(F)(F)F)nc3cc21. The average molecular weight is 255 g/mol. The van der Waals surface area contributed by atoms with E-state index < -0.39 is 12.0 Å². The van der Waals surface area contributed by atoms with Crippen LogP contribution in [0.4, 0.5) is 18.9 Å². The second kappa shape index (κ2) is 3.24. The Morgan fingerprint density at radius 2 is 2.06 bits per heavy atom. The molecular formula is C11H8F3N3O. The third-order valence-electron chi connectivity index (χ3n) is 3.04. The lowest BCUT2D eigenvalue weighted by atomic mass is 10.0. The number of anilines is 1. The van der Waals surface area contributed by atoms with Crippen LogP contribution in [0.1, 0.15) is 24.2 Å². The Hall–Kier alpha value is -2.05. The summed E-state index contributed by atoms with van der Waals surface area (Å²) in [6.07, 6.45) is -4.50. The van der Waals surface area contributed by atoms with Crippen LogP contribution in [-0.2, 0) is 11.0 Å². The number of H-pyrrole nitrogens is 1. The zero-order chi connectivity index (χ0) is 13.1. The number of nitrogens with one attached hydrogen (secondary N) is 2. The highest BCUT2D eigenvalue weighted by molar-refractivity contribution is 6.04. The number of hydrogen-bond acceptors (Lipinski definition) is 2. The molecule has 1 aliphatic heterocycles. The van der Waals surface area contributed by atoms with Crippen LogP contribution in [0.25, 0.3) is 11.0 Å².